The minimum atomic E-state index is -4.20. The highest BCUT2D eigenvalue weighted by atomic mass is 32.2. The average molecular weight is 589 g/mol. The van der Waals surface area contributed by atoms with Gasteiger partial charge < -0.3 is 9.67 Å². The van der Waals surface area contributed by atoms with Gasteiger partial charge in [-0.1, -0.05) is 24.3 Å². The van der Waals surface area contributed by atoms with Crippen molar-refractivity contribution in [1.29, 1.82) is 0 Å². The molecule has 3 N–H and O–H groups in total. The van der Waals surface area contributed by atoms with Gasteiger partial charge in [0.15, 0.2) is 5.69 Å². The predicted octanol–water partition coefficient (Wildman–Crippen LogP) is 5.83. The molecule has 2 aromatic carbocycles. The van der Waals surface area contributed by atoms with Crippen LogP contribution in [-0.2, 0) is 23.0 Å². The number of aromatic carboxylic acids is 1. The second kappa shape index (κ2) is 10.7. The summed E-state index contributed by atoms with van der Waals surface area (Å²) in [7, 11) is -4.20. The number of carbonyl (C=O) groups is 1. The number of sulfonamides is 1. The number of nitrogens with zero attached hydrogens (tertiary/aromatic N) is 3. The van der Waals surface area contributed by atoms with E-state index in [4.69, 9.17) is 5.14 Å². The van der Waals surface area contributed by atoms with Crippen molar-refractivity contribution in [2.45, 2.75) is 30.7 Å². The highest BCUT2D eigenvalue weighted by molar-refractivity contribution is 7.89. The van der Waals surface area contributed by atoms with E-state index in [1.807, 2.05) is 36.4 Å². The van der Waals surface area contributed by atoms with Gasteiger partial charge in [0.25, 0.3) is 0 Å². The van der Waals surface area contributed by atoms with Crippen molar-refractivity contribution in [2.75, 3.05) is 0 Å². The second-order valence-electron chi connectivity index (χ2n) is 10.1. The Hall–Kier alpha value is -4.19. The fraction of sp³-hybridized carbons (Fsp3) is 0.167. The molecule has 0 spiro atoms. The summed E-state index contributed by atoms with van der Waals surface area (Å²) in [6.45, 7) is 0.260. The van der Waals surface area contributed by atoms with Crippen molar-refractivity contribution in [2.24, 2.45) is 11.1 Å². The molecule has 3 aromatic heterocycles. The van der Waals surface area contributed by atoms with E-state index in [-0.39, 0.29) is 12.2 Å². The lowest BCUT2D eigenvalue weighted by molar-refractivity contribution is 0.0691. The third-order valence-corrected chi connectivity index (χ3v) is 8.98. The van der Waals surface area contributed by atoms with E-state index in [1.165, 1.54) is 28.8 Å². The number of primary sulfonamides is 1. The van der Waals surface area contributed by atoms with Gasteiger partial charge in [0.2, 0.25) is 10.0 Å². The maximum Gasteiger partial charge on any atom is 0.355 e. The molecule has 8 nitrogen and oxygen atoms in total. The Bertz CT molecular complexity index is 1880. The number of carboxylic acids is 1. The summed E-state index contributed by atoms with van der Waals surface area (Å²) >= 11 is 1.27. The van der Waals surface area contributed by atoms with Gasteiger partial charge in [0.1, 0.15) is 15.7 Å². The summed E-state index contributed by atoms with van der Waals surface area (Å²) in [6, 6.07) is 17.9. The quantitative estimate of drug-likeness (QED) is 0.223. The molecule has 1 aliphatic carbocycles. The van der Waals surface area contributed by atoms with Crippen LogP contribution in [0.1, 0.15) is 34.6 Å². The molecule has 5 aromatic rings. The van der Waals surface area contributed by atoms with Crippen molar-refractivity contribution in [3.63, 3.8) is 0 Å². The van der Waals surface area contributed by atoms with Crippen molar-refractivity contribution < 1.29 is 22.7 Å². The number of pyridine rings is 1. The van der Waals surface area contributed by atoms with E-state index in [1.54, 1.807) is 18.5 Å². The van der Waals surface area contributed by atoms with Crippen LogP contribution in [-0.4, -0.2) is 34.0 Å². The summed E-state index contributed by atoms with van der Waals surface area (Å²) in [5, 5.41) is 16.8. The lowest BCUT2D eigenvalue weighted by Crippen LogP contribution is -2.14. The number of carboxylic acid groups (broad SMARTS) is 1. The standard InChI is InChI=1S/C30H25FN4O4S2/c31-24-12-19(6-7-28(24)41(32,38)39)16-35-26(22-3-1-2-21(14-22)20-8-10-33-11-9-20)15-23(27(35)13-18-4-5-18)29-34-25(17-40-29)30(36)37/h1-3,6-12,14-15,17-18H,4-5,13,16H2,(H,36,37)(H2,32,38,39). The Labute approximate surface area is 240 Å². The third-order valence-electron chi connectivity index (χ3n) is 7.16. The van der Waals surface area contributed by atoms with E-state index in [0.29, 0.717) is 16.5 Å². The van der Waals surface area contributed by atoms with E-state index in [0.717, 1.165) is 52.9 Å². The van der Waals surface area contributed by atoms with Crippen LogP contribution in [0.5, 0.6) is 0 Å². The molecule has 0 amide bonds. The molecule has 11 heteroatoms. The first-order valence-electron chi connectivity index (χ1n) is 12.9. The Balaban J connectivity index is 1.53. The number of thiazole rings is 1. The molecule has 0 radical (unpaired) electrons. The van der Waals surface area contributed by atoms with Crippen LogP contribution in [0.25, 0.3) is 33.0 Å². The predicted molar refractivity (Wildman–Crippen MR) is 154 cm³/mol. The summed E-state index contributed by atoms with van der Waals surface area (Å²) in [5.74, 6) is -1.52. The van der Waals surface area contributed by atoms with Crippen molar-refractivity contribution >= 4 is 27.3 Å². The van der Waals surface area contributed by atoms with Crippen LogP contribution in [0, 0.1) is 11.7 Å². The average Bonchev–Trinajstić information content (AvgIpc) is 3.50. The Kier molecular flexibility index (Phi) is 7.02. The van der Waals surface area contributed by atoms with E-state index in [9.17, 15) is 22.7 Å². The molecule has 3 heterocycles. The molecule has 1 aliphatic rings. The summed E-state index contributed by atoms with van der Waals surface area (Å²) in [4.78, 5) is 19.6. The summed E-state index contributed by atoms with van der Waals surface area (Å²) < 4.78 is 40.5. The molecule has 0 unspecified atom stereocenters. The minimum Gasteiger partial charge on any atom is -0.476 e. The number of hydrogen-bond donors (Lipinski definition) is 2. The van der Waals surface area contributed by atoms with Crippen molar-refractivity contribution in [3.05, 3.63) is 101 Å². The van der Waals surface area contributed by atoms with Crippen LogP contribution in [0.4, 0.5) is 4.39 Å². The van der Waals surface area contributed by atoms with Crippen molar-refractivity contribution in [3.8, 4) is 33.0 Å². The van der Waals surface area contributed by atoms with Gasteiger partial charge in [-0.2, -0.15) is 0 Å². The zero-order valence-electron chi connectivity index (χ0n) is 21.7. The highest BCUT2D eigenvalue weighted by Gasteiger charge is 2.28. The third kappa shape index (κ3) is 5.69. The Morgan fingerprint density at radius 2 is 1.80 bits per heavy atom. The first kappa shape index (κ1) is 27.0. The monoisotopic (exact) mass is 588 g/mol. The molecule has 1 saturated carbocycles. The minimum absolute atomic E-state index is 0.0167. The van der Waals surface area contributed by atoms with E-state index < -0.39 is 26.7 Å². The lowest BCUT2D eigenvalue weighted by atomic mass is 10.0. The largest absolute Gasteiger partial charge is 0.476 e. The van der Waals surface area contributed by atoms with Gasteiger partial charge in [-0.15, -0.1) is 11.3 Å². The SMILES string of the molecule is NS(=O)(=O)c1ccc(Cn2c(-c3cccc(-c4ccncc4)c3)cc(-c3nc(C(=O)O)cs3)c2CC2CC2)cc1F. The first-order chi connectivity index (χ1) is 19.7. The molecule has 208 valence electrons. The Morgan fingerprint density at radius 1 is 1.05 bits per heavy atom. The number of hydrogen-bond acceptors (Lipinski definition) is 6. The van der Waals surface area contributed by atoms with Gasteiger partial charge in [0, 0.05) is 41.3 Å². The molecule has 6 rings (SSSR count). The molecular weight excluding hydrogens is 563 g/mol. The molecule has 1 fully saturated rings. The van der Waals surface area contributed by atoms with E-state index in [2.05, 4.69) is 20.6 Å². The summed E-state index contributed by atoms with van der Waals surface area (Å²) in [5.41, 5.74) is 6.12. The normalized spacial score (nSPS) is 13.4. The van der Waals surface area contributed by atoms with Gasteiger partial charge in [-0.3, -0.25) is 4.98 Å². The number of benzene rings is 2. The molecule has 0 saturated heterocycles. The smallest absolute Gasteiger partial charge is 0.355 e. The van der Waals surface area contributed by atoms with Crippen LogP contribution < -0.4 is 5.14 Å². The number of nitrogens with two attached hydrogens (primary N) is 1. The number of aromatic nitrogens is 3. The maximum absolute atomic E-state index is 14.8. The molecule has 0 atom stereocenters. The maximum atomic E-state index is 14.8. The van der Waals surface area contributed by atoms with E-state index >= 15 is 0 Å². The molecule has 41 heavy (non-hydrogen) atoms. The van der Waals surface area contributed by atoms with Crippen LogP contribution in [0.2, 0.25) is 0 Å². The zero-order valence-corrected chi connectivity index (χ0v) is 23.3. The van der Waals surface area contributed by atoms with Gasteiger partial charge in [-0.05, 0) is 83.8 Å². The van der Waals surface area contributed by atoms with Crippen molar-refractivity contribution in [1.82, 2.24) is 14.5 Å². The highest BCUT2D eigenvalue weighted by Crippen LogP contribution is 2.41. The van der Waals surface area contributed by atoms with Crippen LogP contribution in [0.15, 0.2) is 83.3 Å². The zero-order chi connectivity index (χ0) is 28.7. The Morgan fingerprint density at radius 3 is 2.46 bits per heavy atom. The lowest BCUT2D eigenvalue weighted by Gasteiger charge is -2.16. The van der Waals surface area contributed by atoms with Gasteiger partial charge in [-0.25, -0.2) is 27.7 Å². The number of rotatable bonds is 9. The fourth-order valence-electron chi connectivity index (χ4n) is 4.96. The van der Waals surface area contributed by atoms with Crippen LogP contribution in [0.3, 0.4) is 0 Å². The molecular formula is C30H25FN4O4S2. The van der Waals surface area contributed by atoms with Crippen LogP contribution >= 0.6 is 11.3 Å². The van der Waals surface area contributed by atoms with Gasteiger partial charge in [0.05, 0.1) is 0 Å². The van der Waals surface area contributed by atoms with Gasteiger partial charge >= 0.3 is 5.97 Å². The molecule has 0 aliphatic heterocycles. The first-order valence-corrected chi connectivity index (χ1v) is 15.3. The topological polar surface area (TPSA) is 128 Å². The molecule has 0 bridgehead atoms. The second-order valence-corrected chi connectivity index (χ2v) is 12.5. The summed E-state index contributed by atoms with van der Waals surface area (Å²) in [6.07, 6.45) is 6.40. The fourth-order valence-corrected chi connectivity index (χ4v) is 6.38. The number of halogens is 1.